The Balaban J connectivity index is 2.37. The van der Waals surface area contributed by atoms with E-state index in [4.69, 9.17) is 9.47 Å². The molecule has 0 spiro atoms. The van der Waals surface area contributed by atoms with Gasteiger partial charge in [0.2, 0.25) is 0 Å². The van der Waals surface area contributed by atoms with Gasteiger partial charge in [-0.05, 0) is 26.7 Å². The van der Waals surface area contributed by atoms with Crippen LogP contribution in [-0.2, 0) is 14.3 Å². The predicted octanol–water partition coefficient (Wildman–Crippen LogP) is 1.34. The molecule has 0 saturated carbocycles. The molecule has 0 aromatic heterocycles. The molecule has 1 heterocycles. The van der Waals surface area contributed by atoms with Crippen molar-refractivity contribution in [2.24, 2.45) is 5.92 Å². The maximum absolute atomic E-state index is 11.4. The van der Waals surface area contributed by atoms with Gasteiger partial charge in [-0.15, -0.1) is 0 Å². The number of ether oxygens (including phenoxy) is 2. The molecular formula is C12H23NO3. The third kappa shape index (κ3) is 3.76. The lowest BCUT2D eigenvalue weighted by molar-refractivity contribution is -0.145. The molecule has 16 heavy (non-hydrogen) atoms. The molecule has 1 N–H and O–H groups in total. The first kappa shape index (κ1) is 13.5. The number of hydrogen-bond acceptors (Lipinski definition) is 4. The number of rotatable bonds is 4. The number of methoxy groups -OCH3 is 1. The predicted molar refractivity (Wildman–Crippen MR) is 62.2 cm³/mol. The van der Waals surface area contributed by atoms with Gasteiger partial charge in [0.15, 0.2) is 0 Å². The number of carbonyl (C=O) groups excluding carboxylic acids is 1. The monoisotopic (exact) mass is 229 g/mol. The summed E-state index contributed by atoms with van der Waals surface area (Å²) in [5, 5.41) is 3.48. The van der Waals surface area contributed by atoms with Crippen molar-refractivity contribution < 1.29 is 14.3 Å². The average Bonchev–Trinajstić information content (AvgIpc) is 2.27. The molecular weight excluding hydrogens is 206 g/mol. The summed E-state index contributed by atoms with van der Waals surface area (Å²) in [5.74, 6) is -0.261. The van der Waals surface area contributed by atoms with E-state index in [1.54, 1.807) is 0 Å². The zero-order valence-corrected chi connectivity index (χ0v) is 10.7. The minimum absolute atomic E-state index is 0.108. The Bertz CT molecular complexity index is 232. The molecule has 1 aliphatic rings. The molecule has 4 atom stereocenters. The van der Waals surface area contributed by atoms with Gasteiger partial charge in [-0.2, -0.15) is 0 Å². The first-order chi connectivity index (χ1) is 7.54. The molecule has 0 radical (unpaired) electrons. The van der Waals surface area contributed by atoms with E-state index < -0.39 is 0 Å². The number of carbonyl (C=O) groups is 1. The van der Waals surface area contributed by atoms with Gasteiger partial charge < -0.3 is 14.8 Å². The van der Waals surface area contributed by atoms with E-state index >= 15 is 0 Å². The van der Waals surface area contributed by atoms with Gasteiger partial charge in [-0.1, -0.05) is 6.92 Å². The van der Waals surface area contributed by atoms with E-state index in [9.17, 15) is 4.79 Å². The Hall–Kier alpha value is -0.610. The Morgan fingerprint density at radius 3 is 2.75 bits per heavy atom. The summed E-state index contributed by atoms with van der Waals surface area (Å²) in [6, 6.07) is 0.591. The number of nitrogens with one attached hydrogen (secondary N) is 1. The van der Waals surface area contributed by atoms with Gasteiger partial charge in [0, 0.05) is 18.7 Å². The zero-order valence-electron chi connectivity index (χ0n) is 10.7. The van der Waals surface area contributed by atoms with Crippen molar-refractivity contribution in [1.29, 1.82) is 0 Å². The van der Waals surface area contributed by atoms with Crippen LogP contribution in [0.15, 0.2) is 0 Å². The lowest BCUT2D eigenvalue weighted by Gasteiger charge is -2.31. The van der Waals surface area contributed by atoms with E-state index in [-0.39, 0.29) is 17.9 Å². The van der Waals surface area contributed by atoms with Crippen LogP contribution in [0.3, 0.4) is 0 Å². The second-order valence-electron chi connectivity index (χ2n) is 4.67. The van der Waals surface area contributed by atoms with Gasteiger partial charge in [0.05, 0.1) is 19.1 Å². The van der Waals surface area contributed by atoms with E-state index in [1.807, 2.05) is 13.8 Å². The van der Waals surface area contributed by atoms with Gasteiger partial charge in [-0.3, -0.25) is 4.79 Å². The molecule has 0 bridgehead atoms. The van der Waals surface area contributed by atoms with Crippen LogP contribution in [0, 0.1) is 5.92 Å². The van der Waals surface area contributed by atoms with Crippen LogP contribution in [0.5, 0.6) is 0 Å². The van der Waals surface area contributed by atoms with E-state index in [1.165, 1.54) is 7.11 Å². The summed E-state index contributed by atoms with van der Waals surface area (Å²) in [7, 11) is 1.43. The van der Waals surface area contributed by atoms with Crippen LogP contribution in [0.25, 0.3) is 0 Å². The van der Waals surface area contributed by atoms with Crippen LogP contribution in [0.2, 0.25) is 0 Å². The molecule has 0 aliphatic carbocycles. The van der Waals surface area contributed by atoms with Crippen LogP contribution in [0.1, 0.15) is 33.6 Å². The Morgan fingerprint density at radius 2 is 2.19 bits per heavy atom. The molecule has 4 unspecified atom stereocenters. The summed E-state index contributed by atoms with van der Waals surface area (Å²) in [4.78, 5) is 11.4. The van der Waals surface area contributed by atoms with E-state index in [2.05, 4.69) is 12.2 Å². The summed E-state index contributed by atoms with van der Waals surface area (Å²) in [6.07, 6.45) is 2.34. The van der Waals surface area contributed by atoms with Crippen molar-refractivity contribution in [1.82, 2.24) is 5.32 Å². The third-order valence-electron chi connectivity index (χ3n) is 3.31. The quantitative estimate of drug-likeness (QED) is 0.739. The highest BCUT2D eigenvalue weighted by atomic mass is 16.5. The van der Waals surface area contributed by atoms with Gasteiger partial charge in [0.1, 0.15) is 0 Å². The van der Waals surface area contributed by atoms with Crippen LogP contribution >= 0.6 is 0 Å². The van der Waals surface area contributed by atoms with Crippen molar-refractivity contribution in [3.63, 3.8) is 0 Å². The van der Waals surface area contributed by atoms with Crippen molar-refractivity contribution in [3.8, 4) is 0 Å². The zero-order chi connectivity index (χ0) is 12.1. The summed E-state index contributed by atoms with van der Waals surface area (Å²) < 4.78 is 10.2. The van der Waals surface area contributed by atoms with Gasteiger partial charge in [0.25, 0.3) is 0 Å². The standard InChI is InChI=1S/C12H23NO3/c1-8-7-11(5-6-16-8)13-10(3)9(2)12(14)15-4/h8-11,13H,5-7H2,1-4H3. The van der Waals surface area contributed by atoms with Crippen LogP contribution < -0.4 is 5.32 Å². The fraction of sp³-hybridized carbons (Fsp3) is 0.917. The molecule has 0 amide bonds. The normalized spacial score (nSPS) is 29.5. The van der Waals surface area contributed by atoms with Gasteiger partial charge in [-0.25, -0.2) is 0 Å². The van der Waals surface area contributed by atoms with E-state index in [0.717, 1.165) is 19.4 Å². The summed E-state index contributed by atoms with van der Waals surface area (Å²) >= 11 is 0. The third-order valence-corrected chi connectivity index (χ3v) is 3.31. The summed E-state index contributed by atoms with van der Waals surface area (Å²) in [5.41, 5.74) is 0. The van der Waals surface area contributed by atoms with Gasteiger partial charge >= 0.3 is 5.97 Å². The van der Waals surface area contributed by atoms with Crippen molar-refractivity contribution in [3.05, 3.63) is 0 Å². The second-order valence-corrected chi connectivity index (χ2v) is 4.67. The number of hydrogen-bond donors (Lipinski definition) is 1. The maximum Gasteiger partial charge on any atom is 0.309 e. The molecule has 0 aromatic rings. The molecule has 4 nitrogen and oxygen atoms in total. The SMILES string of the molecule is COC(=O)C(C)C(C)NC1CCOC(C)C1. The Kier molecular flexibility index (Phi) is 5.22. The van der Waals surface area contributed by atoms with Crippen molar-refractivity contribution >= 4 is 5.97 Å². The average molecular weight is 229 g/mol. The highest BCUT2D eigenvalue weighted by Crippen LogP contribution is 2.15. The maximum atomic E-state index is 11.4. The Morgan fingerprint density at radius 1 is 1.50 bits per heavy atom. The molecule has 4 heteroatoms. The largest absolute Gasteiger partial charge is 0.469 e. The highest BCUT2D eigenvalue weighted by molar-refractivity contribution is 5.72. The van der Waals surface area contributed by atoms with Crippen molar-refractivity contribution in [2.75, 3.05) is 13.7 Å². The molecule has 1 saturated heterocycles. The topological polar surface area (TPSA) is 47.6 Å². The minimum Gasteiger partial charge on any atom is -0.469 e. The lowest BCUT2D eigenvalue weighted by Crippen LogP contribution is -2.46. The van der Waals surface area contributed by atoms with Crippen LogP contribution in [-0.4, -0.2) is 37.9 Å². The highest BCUT2D eigenvalue weighted by Gasteiger charge is 2.25. The second kappa shape index (κ2) is 6.21. The Labute approximate surface area is 97.7 Å². The molecule has 0 aromatic carbocycles. The van der Waals surface area contributed by atoms with Crippen LogP contribution in [0.4, 0.5) is 0 Å². The number of esters is 1. The fourth-order valence-corrected chi connectivity index (χ4v) is 2.06. The molecule has 1 rings (SSSR count). The van der Waals surface area contributed by atoms with E-state index in [0.29, 0.717) is 12.1 Å². The first-order valence-electron chi connectivity index (χ1n) is 6.00. The molecule has 94 valence electrons. The minimum atomic E-state index is -0.153. The fourth-order valence-electron chi connectivity index (χ4n) is 2.06. The molecule has 1 fully saturated rings. The first-order valence-corrected chi connectivity index (χ1v) is 6.00. The summed E-state index contributed by atoms with van der Waals surface area (Å²) in [6.45, 7) is 6.81. The van der Waals surface area contributed by atoms with Crippen molar-refractivity contribution in [2.45, 2.75) is 51.8 Å². The lowest BCUT2D eigenvalue weighted by atomic mass is 9.99. The smallest absolute Gasteiger partial charge is 0.309 e. The molecule has 1 aliphatic heterocycles.